The third-order valence-corrected chi connectivity index (χ3v) is 3.42. The lowest BCUT2D eigenvalue weighted by atomic mass is 10.1. The maximum atomic E-state index is 12.1. The summed E-state index contributed by atoms with van der Waals surface area (Å²) in [6, 6.07) is 13.8. The minimum absolute atomic E-state index is 0.190. The topological polar surface area (TPSA) is 95.5 Å². The normalized spacial score (nSPS) is 10.4. The molecule has 0 unspecified atom stereocenters. The van der Waals surface area contributed by atoms with Gasteiger partial charge in [0, 0.05) is 17.8 Å². The first-order chi connectivity index (χ1) is 11.9. The summed E-state index contributed by atoms with van der Waals surface area (Å²) in [5.41, 5.74) is 1.58. The predicted molar refractivity (Wildman–Crippen MR) is 95.6 cm³/mol. The molecule has 25 heavy (non-hydrogen) atoms. The lowest BCUT2D eigenvalue weighted by Gasteiger charge is -2.10. The van der Waals surface area contributed by atoms with Gasteiger partial charge in [-0.15, -0.1) is 0 Å². The summed E-state index contributed by atoms with van der Waals surface area (Å²) in [7, 11) is 0. The number of carbonyl (C=O) groups excluding carboxylic acids is 2. The molecule has 2 amide bonds. The van der Waals surface area contributed by atoms with Crippen LogP contribution in [0.25, 0.3) is 0 Å². The molecule has 2 aromatic carbocycles. The van der Waals surface area contributed by atoms with Crippen LogP contribution >= 0.6 is 11.6 Å². The molecule has 0 atom stereocenters. The average molecular weight is 359 g/mol. The molecule has 7 heteroatoms. The lowest BCUT2D eigenvalue weighted by molar-refractivity contribution is -0.131. The Morgan fingerprint density at radius 3 is 2.40 bits per heavy atom. The maximum absolute atomic E-state index is 12.1. The Morgan fingerprint density at radius 1 is 1.00 bits per heavy atom. The van der Waals surface area contributed by atoms with Crippen molar-refractivity contribution < 1.29 is 19.5 Å². The van der Waals surface area contributed by atoms with E-state index in [0.717, 1.165) is 17.7 Å². The van der Waals surface area contributed by atoms with E-state index in [2.05, 4.69) is 10.6 Å². The van der Waals surface area contributed by atoms with Crippen molar-refractivity contribution in [2.75, 3.05) is 10.6 Å². The number of benzene rings is 2. The van der Waals surface area contributed by atoms with E-state index in [1.807, 2.05) is 30.3 Å². The van der Waals surface area contributed by atoms with Gasteiger partial charge in [-0.2, -0.15) is 0 Å². The molecule has 0 saturated heterocycles. The summed E-state index contributed by atoms with van der Waals surface area (Å²) in [4.78, 5) is 34.1. The van der Waals surface area contributed by atoms with Gasteiger partial charge in [0.2, 0.25) is 11.8 Å². The van der Waals surface area contributed by atoms with Crippen molar-refractivity contribution >= 4 is 40.8 Å². The summed E-state index contributed by atoms with van der Waals surface area (Å²) in [6.45, 7) is 0. The van der Waals surface area contributed by atoms with E-state index in [1.54, 1.807) is 6.07 Å². The number of carboxylic acids is 1. The largest absolute Gasteiger partial charge is 0.478 e. The molecule has 6 nitrogen and oxygen atoms in total. The first-order valence-electron chi connectivity index (χ1n) is 7.29. The molecule has 0 aromatic heterocycles. The number of nitrogens with one attached hydrogen (secondary N) is 2. The highest BCUT2D eigenvalue weighted by Crippen LogP contribution is 2.25. The summed E-state index contributed by atoms with van der Waals surface area (Å²) in [5.74, 6) is -2.08. The van der Waals surface area contributed by atoms with E-state index >= 15 is 0 Å². The van der Waals surface area contributed by atoms with Crippen molar-refractivity contribution in [3.05, 3.63) is 71.3 Å². The predicted octanol–water partition coefficient (Wildman–Crippen LogP) is 3.10. The minimum Gasteiger partial charge on any atom is -0.478 e. The number of anilines is 2. The molecule has 0 aliphatic rings. The smallest absolute Gasteiger partial charge is 0.328 e. The Morgan fingerprint density at radius 2 is 1.72 bits per heavy atom. The van der Waals surface area contributed by atoms with Crippen molar-refractivity contribution in [2.24, 2.45) is 0 Å². The van der Waals surface area contributed by atoms with E-state index in [4.69, 9.17) is 16.7 Å². The van der Waals surface area contributed by atoms with Crippen LogP contribution in [0.15, 0.2) is 60.7 Å². The Kier molecular flexibility index (Phi) is 6.31. The minimum atomic E-state index is -1.22. The summed E-state index contributed by atoms with van der Waals surface area (Å²) in [5, 5.41) is 14.0. The van der Waals surface area contributed by atoms with Gasteiger partial charge in [-0.3, -0.25) is 9.59 Å². The fourth-order valence-corrected chi connectivity index (χ4v) is 2.17. The number of aliphatic carboxylic acids is 1. The molecule has 2 rings (SSSR count). The second-order valence-electron chi connectivity index (χ2n) is 5.07. The van der Waals surface area contributed by atoms with Gasteiger partial charge in [0.05, 0.1) is 17.1 Å². The van der Waals surface area contributed by atoms with Crippen LogP contribution in [0.1, 0.15) is 5.56 Å². The van der Waals surface area contributed by atoms with Crippen LogP contribution in [0.2, 0.25) is 5.02 Å². The van der Waals surface area contributed by atoms with Gasteiger partial charge in [0.1, 0.15) is 0 Å². The summed E-state index contributed by atoms with van der Waals surface area (Å²) < 4.78 is 0. The van der Waals surface area contributed by atoms with Gasteiger partial charge < -0.3 is 15.7 Å². The Labute approximate surface area is 149 Å². The van der Waals surface area contributed by atoms with E-state index in [-0.39, 0.29) is 12.3 Å². The third kappa shape index (κ3) is 6.12. The number of amides is 2. The molecule has 0 spiro atoms. The van der Waals surface area contributed by atoms with Crippen LogP contribution in [0.5, 0.6) is 0 Å². The van der Waals surface area contributed by atoms with E-state index < -0.39 is 11.9 Å². The quantitative estimate of drug-likeness (QED) is 0.691. The summed E-state index contributed by atoms with van der Waals surface area (Å²) in [6.07, 6.45) is 1.81. The number of halogens is 1. The molecule has 3 N–H and O–H groups in total. The molecule has 0 heterocycles. The first kappa shape index (κ1) is 18.2. The van der Waals surface area contributed by atoms with Crippen LogP contribution < -0.4 is 10.6 Å². The molecule has 2 aromatic rings. The van der Waals surface area contributed by atoms with Gasteiger partial charge >= 0.3 is 5.97 Å². The third-order valence-electron chi connectivity index (χ3n) is 3.09. The standard InChI is InChI=1S/C18H15ClN2O4/c19-14-7-6-13(20-16(22)8-9-18(24)25)11-15(14)21-17(23)10-12-4-2-1-3-5-12/h1-9,11H,10H2,(H,20,22)(H,21,23)(H,24,25)/b9-8-. The molecular formula is C18H15ClN2O4. The van der Waals surface area contributed by atoms with Crippen LogP contribution in [0, 0.1) is 0 Å². The SMILES string of the molecule is O=C(O)/C=C\C(=O)Nc1ccc(Cl)c(NC(=O)Cc2ccccc2)c1. The molecule has 0 radical (unpaired) electrons. The second kappa shape index (κ2) is 8.65. The van der Waals surface area contributed by atoms with Crippen LogP contribution in [0.4, 0.5) is 11.4 Å². The molecule has 0 aliphatic carbocycles. The van der Waals surface area contributed by atoms with Gasteiger partial charge in [-0.1, -0.05) is 41.9 Å². The first-order valence-corrected chi connectivity index (χ1v) is 7.67. The number of carbonyl (C=O) groups is 3. The second-order valence-corrected chi connectivity index (χ2v) is 5.47. The fraction of sp³-hybridized carbons (Fsp3) is 0.0556. The van der Waals surface area contributed by atoms with Crippen molar-refractivity contribution in [2.45, 2.75) is 6.42 Å². The van der Waals surface area contributed by atoms with E-state index in [1.165, 1.54) is 12.1 Å². The van der Waals surface area contributed by atoms with Crippen molar-refractivity contribution in [3.63, 3.8) is 0 Å². The van der Waals surface area contributed by atoms with E-state index in [9.17, 15) is 14.4 Å². The van der Waals surface area contributed by atoms with Gasteiger partial charge in [0.25, 0.3) is 0 Å². The Hall–Kier alpha value is -3.12. The Bertz CT molecular complexity index is 819. The zero-order valence-corrected chi connectivity index (χ0v) is 13.8. The summed E-state index contributed by atoms with van der Waals surface area (Å²) >= 11 is 6.06. The molecule has 0 saturated carbocycles. The van der Waals surface area contributed by atoms with Crippen LogP contribution in [-0.2, 0) is 20.8 Å². The zero-order valence-electron chi connectivity index (χ0n) is 13.0. The number of hydrogen-bond donors (Lipinski definition) is 3. The number of rotatable bonds is 6. The van der Waals surface area contributed by atoms with Crippen molar-refractivity contribution in [1.82, 2.24) is 0 Å². The highest BCUT2D eigenvalue weighted by atomic mass is 35.5. The molecule has 0 fully saturated rings. The molecule has 0 aliphatic heterocycles. The Balaban J connectivity index is 2.04. The lowest BCUT2D eigenvalue weighted by Crippen LogP contribution is -2.15. The van der Waals surface area contributed by atoms with Crippen LogP contribution in [0.3, 0.4) is 0 Å². The van der Waals surface area contributed by atoms with Gasteiger partial charge in [-0.25, -0.2) is 4.79 Å². The fourth-order valence-electron chi connectivity index (χ4n) is 2.01. The molecule has 0 bridgehead atoms. The highest BCUT2D eigenvalue weighted by Gasteiger charge is 2.09. The monoisotopic (exact) mass is 358 g/mol. The maximum Gasteiger partial charge on any atom is 0.328 e. The van der Waals surface area contributed by atoms with Crippen LogP contribution in [-0.4, -0.2) is 22.9 Å². The van der Waals surface area contributed by atoms with Crippen molar-refractivity contribution in [3.8, 4) is 0 Å². The van der Waals surface area contributed by atoms with Crippen molar-refractivity contribution in [1.29, 1.82) is 0 Å². The van der Waals surface area contributed by atoms with Gasteiger partial charge in [-0.05, 0) is 23.8 Å². The zero-order chi connectivity index (χ0) is 18.2. The highest BCUT2D eigenvalue weighted by molar-refractivity contribution is 6.33. The molecular weight excluding hydrogens is 344 g/mol. The van der Waals surface area contributed by atoms with E-state index in [0.29, 0.717) is 16.4 Å². The van der Waals surface area contributed by atoms with Gasteiger partial charge in [0.15, 0.2) is 0 Å². The number of hydrogen-bond acceptors (Lipinski definition) is 3. The molecule has 128 valence electrons. The average Bonchev–Trinajstić information content (AvgIpc) is 2.57. The number of carboxylic acid groups (broad SMARTS) is 1.